The highest BCUT2D eigenvalue weighted by Crippen LogP contribution is 2.28. The SMILES string of the molecule is CSCC[C@H](N)C(=O)Nc1ccc(O)cc1[N+](=O)[O-]. The average molecular weight is 285 g/mol. The van der Waals surface area contributed by atoms with Gasteiger partial charge in [-0.1, -0.05) is 0 Å². The number of amides is 1. The average Bonchev–Trinajstić information content (AvgIpc) is 2.37. The van der Waals surface area contributed by atoms with Crippen LogP contribution in [0, 0.1) is 10.1 Å². The molecule has 104 valence electrons. The van der Waals surface area contributed by atoms with E-state index in [1.807, 2.05) is 6.26 Å². The normalized spacial score (nSPS) is 11.9. The molecule has 0 spiro atoms. The molecule has 0 saturated carbocycles. The number of aromatic hydroxyl groups is 1. The van der Waals surface area contributed by atoms with Gasteiger partial charge in [-0.05, 0) is 30.6 Å². The molecule has 1 amide bonds. The van der Waals surface area contributed by atoms with Gasteiger partial charge in [0.2, 0.25) is 5.91 Å². The quantitative estimate of drug-likeness (QED) is 0.412. The van der Waals surface area contributed by atoms with Crippen LogP contribution in [0.4, 0.5) is 11.4 Å². The molecule has 1 atom stereocenters. The topological polar surface area (TPSA) is 118 Å². The van der Waals surface area contributed by atoms with Crippen LogP contribution in [-0.4, -0.2) is 34.0 Å². The minimum atomic E-state index is -0.721. The first kappa shape index (κ1) is 15.3. The van der Waals surface area contributed by atoms with Gasteiger partial charge in [0.25, 0.3) is 5.69 Å². The number of anilines is 1. The molecular formula is C11H15N3O4S. The summed E-state index contributed by atoms with van der Waals surface area (Å²) in [5, 5.41) is 22.4. The number of hydrogen-bond acceptors (Lipinski definition) is 6. The predicted octanol–water partition coefficient (Wildman–Crippen LogP) is 1.32. The van der Waals surface area contributed by atoms with Crippen LogP contribution < -0.4 is 11.1 Å². The Labute approximate surface area is 114 Å². The van der Waals surface area contributed by atoms with Crippen LogP contribution in [0.5, 0.6) is 5.75 Å². The largest absolute Gasteiger partial charge is 0.508 e. The van der Waals surface area contributed by atoms with E-state index < -0.39 is 16.9 Å². The minimum Gasteiger partial charge on any atom is -0.508 e. The number of nitro groups is 1. The highest BCUT2D eigenvalue weighted by Gasteiger charge is 2.19. The van der Waals surface area contributed by atoms with E-state index in [9.17, 15) is 20.0 Å². The van der Waals surface area contributed by atoms with Gasteiger partial charge in [-0.3, -0.25) is 14.9 Å². The number of nitro benzene ring substituents is 1. The number of nitrogens with two attached hydrogens (primary N) is 1. The standard InChI is InChI=1S/C11H15N3O4S/c1-19-5-4-8(12)11(16)13-9-3-2-7(15)6-10(9)14(17)18/h2-3,6,8,15H,4-5,12H2,1H3,(H,13,16)/t8-/m0/s1. The summed E-state index contributed by atoms with van der Waals surface area (Å²) in [6.45, 7) is 0. The number of rotatable bonds is 6. The molecule has 0 aliphatic heterocycles. The summed E-state index contributed by atoms with van der Waals surface area (Å²) in [7, 11) is 0. The molecule has 0 unspecified atom stereocenters. The molecule has 1 rings (SSSR count). The molecule has 0 aromatic heterocycles. The fraction of sp³-hybridized carbons (Fsp3) is 0.364. The van der Waals surface area contributed by atoms with Crippen molar-refractivity contribution >= 4 is 29.0 Å². The first-order chi connectivity index (χ1) is 8.95. The third-order valence-corrected chi connectivity index (χ3v) is 3.05. The summed E-state index contributed by atoms with van der Waals surface area (Å²) in [5.41, 5.74) is 5.31. The number of nitrogens with zero attached hydrogens (tertiary/aromatic N) is 1. The highest BCUT2D eigenvalue weighted by molar-refractivity contribution is 7.98. The van der Waals surface area contributed by atoms with Crippen molar-refractivity contribution in [3.8, 4) is 5.75 Å². The third-order valence-electron chi connectivity index (χ3n) is 2.41. The summed E-state index contributed by atoms with van der Waals surface area (Å²) in [4.78, 5) is 21.9. The number of carbonyl (C=O) groups is 1. The van der Waals surface area contributed by atoms with Crippen LogP contribution in [0.2, 0.25) is 0 Å². The van der Waals surface area contributed by atoms with Crippen molar-refractivity contribution in [3.63, 3.8) is 0 Å². The zero-order valence-electron chi connectivity index (χ0n) is 10.3. The van der Waals surface area contributed by atoms with Crippen LogP contribution in [-0.2, 0) is 4.79 Å². The monoisotopic (exact) mass is 285 g/mol. The first-order valence-corrected chi connectivity index (χ1v) is 6.88. The van der Waals surface area contributed by atoms with Crippen molar-refractivity contribution in [1.29, 1.82) is 0 Å². The second-order valence-corrected chi connectivity index (χ2v) is 4.82. The molecule has 0 saturated heterocycles. The maximum atomic E-state index is 11.7. The van der Waals surface area contributed by atoms with Gasteiger partial charge in [-0.15, -0.1) is 0 Å². The van der Waals surface area contributed by atoms with Crippen LogP contribution in [0.15, 0.2) is 18.2 Å². The van der Waals surface area contributed by atoms with Crippen LogP contribution in [0.25, 0.3) is 0 Å². The fourth-order valence-corrected chi connectivity index (χ4v) is 1.87. The Hall–Kier alpha value is -1.80. The first-order valence-electron chi connectivity index (χ1n) is 5.48. The molecule has 19 heavy (non-hydrogen) atoms. The van der Waals surface area contributed by atoms with Crippen molar-refractivity contribution in [2.75, 3.05) is 17.3 Å². The summed E-state index contributed by atoms with van der Waals surface area (Å²) in [6, 6.07) is 2.78. The predicted molar refractivity (Wildman–Crippen MR) is 74.4 cm³/mol. The van der Waals surface area contributed by atoms with E-state index in [1.54, 1.807) is 11.8 Å². The van der Waals surface area contributed by atoms with Gasteiger partial charge < -0.3 is 16.2 Å². The number of nitrogens with one attached hydrogen (secondary N) is 1. The van der Waals surface area contributed by atoms with Crippen molar-refractivity contribution in [1.82, 2.24) is 0 Å². The Kier molecular flexibility index (Phi) is 5.58. The van der Waals surface area contributed by atoms with Crippen molar-refractivity contribution < 1.29 is 14.8 Å². The molecule has 1 aromatic rings. The maximum absolute atomic E-state index is 11.7. The van der Waals surface area contributed by atoms with Gasteiger partial charge in [-0.2, -0.15) is 11.8 Å². The number of benzene rings is 1. The number of hydrogen-bond donors (Lipinski definition) is 3. The summed E-state index contributed by atoms with van der Waals surface area (Å²) in [5.74, 6) is 0.00549. The second-order valence-electron chi connectivity index (χ2n) is 3.84. The van der Waals surface area contributed by atoms with Crippen molar-refractivity contribution in [2.24, 2.45) is 5.73 Å². The molecule has 0 aliphatic rings. The number of carbonyl (C=O) groups excluding carboxylic acids is 1. The van der Waals surface area contributed by atoms with E-state index in [0.717, 1.165) is 11.8 Å². The molecule has 0 heterocycles. The van der Waals surface area contributed by atoms with Gasteiger partial charge in [0.05, 0.1) is 17.0 Å². The van der Waals surface area contributed by atoms with E-state index in [2.05, 4.69) is 5.32 Å². The molecule has 8 heteroatoms. The lowest BCUT2D eigenvalue weighted by molar-refractivity contribution is -0.384. The lowest BCUT2D eigenvalue weighted by Gasteiger charge is -2.11. The van der Waals surface area contributed by atoms with E-state index in [0.29, 0.717) is 6.42 Å². The number of phenolic OH excluding ortho intramolecular Hbond substituents is 1. The molecule has 0 bridgehead atoms. The Morgan fingerprint density at radius 2 is 2.32 bits per heavy atom. The van der Waals surface area contributed by atoms with Gasteiger partial charge in [0.1, 0.15) is 11.4 Å². The van der Waals surface area contributed by atoms with Gasteiger partial charge in [0, 0.05) is 0 Å². The maximum Gasteiger partial charge on any atom is 0.296 e. The Balaban J connectivity index is 2.81. The van der Waals surface area contributed by atoms with Crippen LogP contribution >= 0.6 is 11.8 Å². The second kappa shape index (κ2) is 6.95. The smallest absolute Gasteiger partial charge is 0.296 e. The molecule has 0 fully saturated rings. The van der Waals surface area contributed by atoms with Gasteiger partial charge in [-0.25, -0.2) is 0 Å². The molecule has 0 radical (unpaired) electrons. The van der Waals surface area contributed by atoms with Gasteiger partial charge >= 0.3 is 0 Å². The summed E-state index contributed by atoms with van der Waals surface area (Å²) < 4.78 is 0. The molecule has 7 nitrogen and oxygen atoms in total. The molecule has 4 N–H and O–H groups in total. The van der Waals surface area contributed by atoms with E-state index in [1.165, 1.54) is 12.1 Å². The van der Waals surface area contributed by atoms with Crippen molar-refractivity contribution in [2.45, 2.75) is 12.5 Å². The van der Waals surface area contributed by atoms with Crippen LogP contribution in [0.1, 0.15) is 6.42 Å². The zero-order valence-corrected chi connectivity index (χ0v) is 11.1. The lowest BCUT2D eigenvalue weighted by atomic mass is 10.2. The van der Waals surface area contributed by atoms with Gasteiger partial charge in [0.15, 0.2) is 0 Å². The van der Waals surface area contributed by atoms with E-state index >= 15 is 0 Å². The zero-order chi connectivity index (χ0) is 14.4. The summed E-state index contributed by atoms with van der Waals surface area (Å²) >= 11 is 1.56. The number of thioether (sulfide) groups is 1. The van der Waals surface area contributed by atoms with Crippen LogP contribution in [0.3, 0.4) is 0 Å². The lowest BCUT2D eigenvalue weighted by Crippen LogP contribution is -2.36. The highest BCUT2D eigenvalue weighted by atomic mass is 32.2. The molecule has 1 aromatic carbocycles. The Morgan fingerprint density at radius 3 is 2.89 bits per heavy atom. The molecule has 0 aliphatic carbocycles. The summed E-state index contributed by atoms with van der Waals surface area (Å²) in [6.07, 6.45) is 2.38. The fourth-order valence-electron chi connectivity index (χ4n) is 1.38. The van der Waals surface area contributed by atoms with E-state index in [-0.39, 0.29) is 17.1 Å². The third kappa shape index (κ3) is 4.42. The van der Waals surface area contributed by atoms with Crippen molar-refractivity contribution in [3.05, 3.63) is 28.3 Å². The molecular weight excluding hydrogens is 270 g/mol. The number of phenols is 1. The van der Waals surface area contributed by atoms with E-state index in [4.69, 9.17) is 5.73 Å². The Bertz CT molecular complexity index is 481. The Morgan fingerprint density at radius 1 is 1.63 bits per heavy atom. The minimum absolute atomic E-state index is 0.0207.